The molecule has 0 unspecified atom stereocenters. The highest BCUT2D eigenvalue weighted by Gasteiger charge is 2.06. The highest BCUT2D eigenvalue weighted by atomic mass is 127. The first kappa shape index (κ1) is 14.8. The van der Waals surface area contributed by atoms with Crippen molar-refractivity contribution in [2.75, 3.05) is 11.0 Å². The van der Waals surface area contributed by atoms with E-state index < -0.39 is 11.6 Å². The molecule has 0 aliphatic rings. The van der Waals surface area contributed by atoms with E-state index in [1.165, 1.54) is 41.9 Å². The first-order valence-corrected chi connectivity index (χ1v) is 7.48. The van der Waals surface area contributed by atoms with E-state index >= 15 is 0 Å². The average molecular weight is 353 g/mol. The second-order valence-corrected chi connectivity index (χ2v) is 5.06. The molecular weight excluding hydrogens is 335 g/mol. The van der Waals surface area contributed by atoms with Crippen LogP contribution < -0.4 is 5.32 Å². The summed E-state index contributed by atoms with van der Waals surface area (Å²) in [6.45, 7) is 1.08. The van der Waals surface area contributed by atoms with Crippen molar-refractivity contribution in [2.24, 2.45) is 0 Å². The summed E-state index contributed by atoms with van der Waals surface area (Å²) in [6.07, 6.45) is 4.73. The van der Waals surface area contributed by atoms with Crippen LogP contribution in [0.3, 0.4) is 0 Å². The van der Waals surface area contributed by atoms with E-state index in [0.717, 1.165) is 13.0 Å². The Hall–Kier alpha value is -0.230. The Balaban J connectivity index is 2.18. The summed E-state index contributed by atoms with van der Waals surface area (Å²) >= 11 is 2.37. The zero-order valence-corrected chi connectivity index (χ0v) is 12.0. The van der Waals surface area contributed by atoms with Crippen molar-refractivity contribution in [3.8, 4) is 0 Å². The van der Waals surface area contributed by atoms with Crippen molar-refractivity contribution in [1.82, 2.24) is 5.32 Å². The van der Waals surface area contributed by atoms with Gasteiger partial charge in [-0.25, -0.2) is 8.78 Å². The Morgan fingerprint density at radius 2 is 1.65 bits per heavy atom. The SMILES string of the molecule is Fc1cccc(F)c1CNCCCCCCI. The molecule has 0 radical (unpaired) electrons. The lowest BCUT2D eigenvalue weighted by Gasteiger charge is -2.06. The fraction of sp³-hybridized carbons (Fsp3) is 0.538. The molecule has 0 aromatic heterocycles. The van der Waals surface area contributed by atoms with E-state index in [1.807, 2.05) is 0 Å². The molecule has 0 aliphatic heterocycles. The molecule has 0 atom stereocenters. The van der Waals surface area contributed by atoms with Crippen LogP contribution >= 0.6 is 22.6 Å². The third-order valence-electron chi connectivity index (χ3n) is 2.60. The maximum Gasteiger partial charge on any atom is 0.130 e. The summed E-state index contributed by atoms with van der Waals surface area (Å²) < 4.78 is 27.7. The molecule has 0 aliphatic carbocycles. The maximum atomic E-state index is 13.2. The molecule has 17 heavy (non-hydrogen) atoms. The fourth-order valence-corrected chi connectivity index (χ4v) is 2.15. The van der Waals surface area contributed by atoms with Crippen molar-refractivity contribution < 1.29 is 8.78 Å². The number of hydrogen-bond acceptors (Lipinski definition) is 1. The smallest absolute Gasteiger partial charge is 0.130 e. The van der Waals surface area contributed by atoms with Gasteiger partial charge in [-0.2, -0.15) is 0 Å². The van der Waals surface area contributed by atoms with E-state index in [-0.39, 0.29) is 12.1 Å². The van der Waals surface area contributed by atoms with Crippen LogP contribution in [0.1, 0.15) is 31.2 Å². The summed E-state index contributed by atoms with van der Waals surface area (Å²) in [4.78, 5) is 0. The van der Waals surface area contributed by atoms with E-state index in [1.54, 1.807) is 0 Å². The first-order chi connectivity index (χ1) is 8.25. The molecule has 1 rings (SSSR count). The standard InChI is InChI=1S/C13H18F2IN/c14-12-6-5-7-13(15)11(12)10-17-9-4-2-1-3-8-16/h5-7,17H,1-4,8-10H2. The van der Waals surface area contributed by atoms with E-state index in [2.05, 4.69) is 27.9 Å². The molecule has 1 N–H and O–H groups in total. The van der Waals surface area contributed by atoms with Crippen molar-refractivity contribution in [3.05, 3.63) is 35.4 Å². The summed E-state index contributed by atoms with van der Waals surface area (Å²) in [6, 6.07) is 3.97. The Morgan fingerprint density at radius 3 is 2.29 bits per heavy atom. The van der Waals surface area contributed by atoms with E-state index in [9.17, 15) is 8.78 Å². The Kier molecular flexibility index (Phi) is 7.68. The van der Waals surface area contributed by atoms with Gasteiger partial charge in [0.25, 0.3) is 0 Å². The van der Waals surface area contributed by atoms with Crippen LogP contribution in [0.15, 0.2) is 18.2 Å². The lowest BCUT2D eigenvalue weighted by molar-refractivity contribution is 0.527. The predicted octanol–water partition coefficient (Wildman–Crippen LogP) is 4.05. The Labute approximate surface area is 115 Å². The van der Waals surface area contributed by atoms with Gasteiger partial charge in [-0.05, 0) is 35.9 Å². The number of rotatable bonds is 8. The number of unbranched alkanes of at least 4 members (excludes halogenated alkanes) is 3. The van der Waals surface area contributed by atoms with E-state index in [4.69, 9.17) is 0 Å². The second kappa shape index (κ2) is 8.80. The summed E-state index contributed by atoms with van der Waals surface area (Å²) in [5, 5.41) is 3.08. The van der Waals surface area contributed by atoms with Crippen LogP contribution in [0.25, 0.3) is 0 Å². The zero-order chi connectivity index (χ0) is 12.5. The molecule has 4 heteroatoms. The Morgan fingerprint density at radius 1 is 1.00 bits per heavy atom. The highest BCUT2D eigenvalue weighted by Crippen LogP contribution is 2.11. The third kappa shape index (κ3) is 5.77. The molecule has 0 spiro atoms. The zero-order valence-electron chi connectivity index (χ0n) is 9.82. The van der Waals surface area contributed by atoms with Crippen LogP contribution in [0.4, 0.5) is 8.78 Å². The van der Waals surface area contributed by atoms with Crippen LogP contribution in [0.2, 0.25) is 0 Å². The number of nitrogens with one attached hydrogen (secondary N) is 1. The van der Waals surface area contributed by atoms with Gasteiger partial charge in [-0.1, -0.05) is 41.5 Å². The van der Waals surface area contributed by atoms with Gasteiger partial charge in [0, 0.05) is 12.1 Å². The molecule has 1 nitrogen and oxygen atoms in total. The summed E-state index contributed by atoms with van der Waals surface area (Å²) in [5.74, 6) is -0.940. The number of benzene rings is 1. The summed E-state index contributed by atoms with van der Waals surface area (Å²) in [7, 11) is 0. The summed E-state index contributed by atoms with van der Waals surface area (Å²) in [5.41, 5.74) is 0.139. The number of halogens is 3. The van der Waals surface area contributed by atoms with E-state index in [0.29, 0.717) is 0 Å². The minimum absolute atomic E-state index is 0.139. The minimum Gasteiger partial charge on any atom is -0.312 e. The predicted molar refractivity (Wildman–Crippen MR) is 75.4 cm³/mol. The molecule has 0 saturated heterocycles. The van der Waals surface area contributed by atoms with Gasteiger partial charge < -0.3 is 5.32 Å². The molecule has 0 bridgehead atoms. The molecule has 96 valence electrons. The molecular formula is C13H18F2IN. The third-order valence-corrected chi connectivity index (χ3v) is 3.36. The molecule has 1 aromatic carbocycles. The fourth-order valence-electron chi connectivity index (χ4n) is 1.61. The topological polar surface area (TPSA) is 12.0 Å². The molecule has 0 fully saturated rings. The lowest BCUT2D eigenvalue weighted by atomic mass is 10.2. The molecule has 0 amide bonds. The molecule has 1 aromatic rings. The minimum atomic E-state index is -0.470. The molecule has 0 saturated carbocycles. The van der Waals surface area contributed by atoms with Gasteiger partial charge in [0.05, 0.1) is 0 Å². The normalized spacial score (nSPS) is 10.8. The quantitative estimate of drug-likeness (QED) is 0.422. The van der Waals surface area contributed by atoms with Crippen molar-refractivity contribution in [2.45, 2.75) is 32.2 Å². The van der Waals surface area contributed by atoms with Gasteiger partial charge >= 0.3 is 0 Å². The monoisotopic (exact) mass is 353 g/mol. The maximum absolute atomic E-state index is 13.2. The Bertz CT molecular complexity index is 311. The van der Waals surface area contributed by atoms with Gasteiger partial charge in [0.2, 0.25) is 0 Å². The number of alkyl halides is 1. The van der Waals surface area contributed by atoms with Gasteiger partial charge in [-0.3, -0.25) is 0 Å². The van der Waals surface area contributed by atoms with Crippen LogP contribution in [0.5, 0.6) is 0 Å². The van der Waals surface area contributed by atoms with Crippen molar-refractivity contribution >= 4 is 22.6 Å². The molecule has 0 heterocycles. The highest BCUT2D eigenvalue weighted by molar-refractivity contribution is 14.1. The average Bonchev–Trinajstić information content (AvgIpc) is 2.31. The second-order valence-electron chi connectivity index (χ2n) is 3.98. The van der Waals surface area contributed by atoms with Gasteiger partial charge in [-0.15, -0.1) is 0 Å². The van der Waals surface area contributed by atoms with Crippen LogP contribution in [-0.4, -0.2) is 11.0 Å². The van der Waals surface area contributed by atoms with Gasteiger partial charge in [0.15, 0.2) is 0 Å². The van der Waals surface area contributed by atoms with Crippen LogP contribution in [0, 0.1) is 11.6 Å². The van der Waals surface area contributed by atoms with Gasteiger partial charge in [0.1, 0.15) is 11.6 Å². The lowest BCUT2D eigenvalue weighted by Crippen LogP contribution is -2.16. The van der Waals surface area contributed by atoms with Crippen LogP contribution in [-0.2, 0) is 6.54 Å². The van der Waals surface area contributed by atoms with Crippen molar-refractivity contribution in [3.63, 3.8) is 0 Å². The van der Waals surface area contributed by atoms with Crippen molar-refractivity contribution in [1.29, 1.82) is 0 Å². The largest absolute Gasteiger partial charge is 0.312 e. The first-order valence-electron chi connectivity index (χ1n) is 5.95. The number of hydrogen-bond donors (Lipinski definition) is 1.